The van der Waals surface area contributed by atoms with Crippen molar-refractivity contribution in [1.29, 1.82) is 0 Å². The molecule has 0 aromatic heterocycles. The van der Waals surface area contributed by atoms with E-state index in [0.717, 1.165) is 25.2 Å². The topological polar surface area (TPSA) is 29.3 Å². The standard InChI is InChI=1S/C13H20N2/c1-3-15(10-12(2)9-14)11-13-7-5-4-6-8-13/h4-8H,2-3,9-11,14H2,1H3. The number of benzene rings is 1. The van der Waals surface area contributed by atoms with Crippen LogP contribution in [0.1, 0.15) is 12.5 Å². The zero-order valence-corrected chi connectivity index (χ0v) is 9.45. The van der Waals surface area contributed by atoms with Gasteiger partial charge in [-0.3, -0.25) is 4.90 Å². The Hall–Kier alpha value is -1.12. The molecule has 82 valence electrons. The van der Waals surface area contributed by atoms with Gasteiger partial charge in [0.15, 0.2) is 0 Å². The third-order valence-corrected chi connectivity index (χ3v) is 2.43. The third-order valence-electron chi connectivity index (χ3n) is 2.43. The first-order chi connectivity index (χ1) is 7.26. The van der Waals surface area contributed by atoms with Gasteiger partial charge in [-0.2, -0.15) is 0 Å². The van der Waals surface area contributed by atoms with E-state index in [4.69, 9.17) is 5.73 Å². The molecule has 2 heteroatoms. The fourth-order valence-electron chi connectivity index (χ4n) is 1.50. The van der Waals surface area contributed by atoms with E-state index in [1.165, 1.54) is 5.56 Å². The highest BCUT2D eigenvalue weighted by molar-refractivity contribution is 5.14. The number of hydrogen-bond donors (Lipinski definition) is 1. The molecule has 15 heavy (non-hydrogen) atoms. The highest BCUT2D eigenvalue weighted by Crippen LogP contribution is 2.05. The molecule has 1 rings (SSSR count). The summed E-state index contributed by atoms with van der Waals surface area (Å²) in [7, 11) is 0. The smallest absolute Gasteiger partial charge is 0.0237 e. The number of hydrogen-bond acceptors (Lipinski definition) is 2. The molecular weight excluding hydrogens is 184 g/mol. The summed E-state index contributed by atoms with van der Waals surface area (Å²) in [6, 6.07) is 10.5. The highest BCUT2D eigenvalue weighted by atomic mass is 15.1. The van der Waals surface area contributed by atoms with Crippen LogP contribution in [-0.2, 0) is 6.54 Å². The van der Waals surface area contributed by atoms with Crippen LogP contribution in [0.15, 0.2) is 42.5 Å². The zero-order chi connectivity index (χ0) is 11.1. The zero-order valence-electron chi connectivity index (χ0n) is 9.45. The van der Waals surface area contributed by atoms with E-state index in [1.54, 1.807) is 0 Å². The van der Waals surface area contributed by atoms with Crippen LogP contribution in [0, 0.1) is 0 Å². The third kappa shape index (κ3) is 4.28. The Morgan fingerprint density at radius 3 is 2.53 bits per heavy atom. The summed E-state index contributed by atoms with van der Waals surface area (Å²) in [5, 5.41) is 0. The lowest BCUT2D eigenvalue weighted by Gasteiger charge is -2.21. The van der Waals surface area contributed by atoms with Crippen LogP contribution in [0.25, 0.3) is 0 Å². The van der Waals surface area contributed by atoms with Crippen LogP contribution in [0.4, 0.5) is 0 Å². The minimum absolute atomic E-state index is 0.575. The molecule has 0 spiro atoms. The normalized spacial score (nSPS) is 10.6. The van der Waals surface area contributed by atoms with E-state index in [1.807, 2.05) is 6.07 Å². The van der Waals surface area contributed by atoms with Crippen molar-refractivity contribution in [1.82, 2.24) is 4.90 Å². The summed E-state index contributed by atoms with van der Waals surface area (Å²) in [4.78, 5) is 2.34. The number of rotatable bonds is 6. The Labute approximate surface area is 92.4 Å². The van der Waals surface area contributed by atoms with Crippen LogP contribution in [0.3, 0.4) is 0 Å². The first kappa shape index (κ1) is 12.0. The first-order valence-corrected chi connectivity index (χ1v) is 5.39. The van der Waals surface area contributed by atoms with E-state index in [2.05, 4.69) is 42.7 Å². The van der Waals surface area contributed by atoms with Gasteiger partial charge in [0.05, 0.1) is 0 Å². The summed E-state index contributed by atoms with van der Waals surface area (Å²) in [5.41, 5.74) is 7.97. The Bertz CT molecular complexity index is 293. The SMILES string of the molecule is C=C(CN)CN(CC)Cc1ccccc1. The lowest BCUT2D eigenvalue weighted by atomic mass is 10.2. The van der Waals surface area contributed by atoms with Crippen molar-refractivity contribution in [2.45, 2.75) is 13.5 Å². The van der Waals surface area contributed by atoms with Gasteiger partial charge in [-0.25, -0.2) is 0 Å². The quantitative estimate of drug-likeness (QED) is 0.718. The summed E-state index contributed by atoms with van der Waals surface area (Å²) < 4.78 is 0. The second-order valence-corrected chi connectivity index (χ2v) is 3.74. The predicted octanol–water partition coefficient (Wildman–Crippen LogP) is 2.02. The van der Waals surface area contributed by atoms with E-state index in [0.29, 0.717) is 6.54 Å². The molecular formula is C13H20N2. The largest absolute Gasteiger partial charge is 0.327 e. The van der Waals surface area contributed by atoms with Crippen LogP contribution in [-0.4, -0.2) is 24.5 Å². The van der Waals surface area contributed by atoms with Crippen molar-refractivity contribution in [3.05, 3.63) is 48.0 Å². The molecule has 0 unspecified atom stereocenters. The number of nitrogens with two attached hydrogens (primary N) is 1. The van der Waals surface area contributed by atoms with Crippen molar-refractivity contribution in [2.75, 3.05) is 19.6 Å². The molecule has 0 aliphatic carbocycles. The van der Waals surface area contributed by atoms with Gasteiger partial charge >= 0.3 is 0 Å². The Balaban J connectivity index is 2.50. The summed E-state index contributed by atoms with van der Waals surface area (Å²) in [5.74, 6) is 0. The van der Waals surface area contributed by atoms with Gasteiger partial charge in [-0.05, 0) is 17.7 Å². The van der Waals surface area contributed by atoms with Gasteiger partial charge < -0.3 is 5.73 Å². The fourth-order valence-corrected chi connectivity index (χ4v) is 1.50. The maximum absolute atomic E-state index is 5.54. The Morgan fingerprint density at radius 1 is 1.33 bits per heavy atom. The summed E-state index contributed by atoms with van der Waals surface area (Å²) in [6.07, 6.45) is 0. The fraction of sp³-hybridized carbons (Fsp3) is 0.385. The van der Waals surface area contributed by atoms with Gasteiger partial charge in [0, 0.05) is 19.6 Å². The molecule has 0 aliphatic rings. The monoisotopic (exact) mass is 204 g/mol. The molecule has 0 bridgehead atoms. The van der Waals surface area contributed by atoms with Crippen molar-refractivity contribution in [2.24, 2.45) is 5.73 Å². The molecule has 0 heterocycles. The minimum Gasteiger partial charge on any atom is -0.327 e. The summed E-state index contributed by atoms with van der Waals surface area (Å²) in [6.45, 7) is 9.55. The molecule has 0 aliphatic heterocycles. The van der Waals surface area contributed by atoms with Gasteiger partial charge in [0.1, 0.15) is 0 Å². The first-order valence-electron chi connectivity index (χ1n) is 5.39. The molecule has 2 nitrogen and oxygen atoms in total. The predicted molar refractivity (Wildman–Crippen MR) is 65.6 cm³/mol. The highest BCUT2D eigenvalue weighted by Gasteiger charge is 2.04. The second kappa shape index (κ2) is 6.38. The number of likely N-dealkylation sites (N-methyl/N-ethyl adjacent to an activating group) is 1. The molecule has 0 amide bonds. The lowest BCUT2D eigenvalue weighted by molar-refractivity contribution is 0.303. The van der Waals surface area contributed by atoms with Gasteiger partial charge in [-0.15, -0.1) is 0 Å². The van der Waals surface area contributed by atoms with E-state index >= 15 is 0 Å². The number of nitrogens with zero attached hydrogens (tertiary/aromatic N) is 1. The Kier molecular flexibility index (Phi) is 5.08. The maximum atomic E-state index is 5.54. The molecule has 0 fully saturated rings. The molecule has 2 N–H and O–H groups in total. The van der Waals surface area contributed by atoms with Gasteiger partial charge in [-0.1, -0.05) is 43.8 Å². The van der Waals surface area contributed by atoms with Crippen LogP contribution >= 0.6 is 0 Å². The molecule has 0 atom stereocenters. The molecule has 0 saturated carbocycles. The molecule has 0 radical (unpaired) electrons. The van der Waals surface area contributed by atoms with Gasteiger partial charge in [0.25, 0.3) is 0 Å². The molecule has 0 saturated heterocycles. The molecule has 1 aromatic carbocycles. The van der Waals surface area contributed by atoms with Crippen molar-refractivity contribution in [3.8, 4) is 0 Å². The van der Waals surface area contributed by atoms with Crippen molar-refractivity contribution >= 4 is 0 Å². The molecule has 1 aromatic rings. The Morgan fingerprint density at radius 2 is 2.00 bits per heavy atom. The second-order valence-electron chi connectivity index (χ2n) is 3.74. The van der Waals surface area contributed by atoms with Crippen molar-refractivity contribution in [3.63, 3.8) is 0 Å². The van der Waals surface area contributed by atoms with Crippen molar-refractivity contribution < 1.29 is 0 Å². The summed E-state index contributed by atoms with van der Waals surface area (Å²) >= 11 is 0. The lowest BCUT2D eigenvalue weighted by Crippen LogP contribution is -2.27. The maximum Gasteiger partial charge on any atom is 0.0237 e. The van der Waals surface area contributed by atoms with Gasteiger partial charge in [0.2, 0.25) is 0 Å². The average Bonchev–Trinajstić information content (AvgIpc) is 2.29. The van der Waals surface area contributed by atoms with E-state index < -0.39 is 0 Å². The van der Waals surface area contributed by atoms with Crippen LogP contribution < -0.4 is 5.73 Å². The van der Waals surface area contributed by atoms with E-state index in [9.17, 15) is 0 Å². The van der Waals surface area contributed by atoms with Crippen LogP contribution in [0.5, 0.6) is 0 Å². The minimum atomic E-state index is 0.575. The average molecular weight is 204 g/mol. The van der Waals surface area contributed by atoms with Crippen LogP contribution in [0.2, 0.25) is 0 Å². The van der Waals surface area contributed by atoms with E-state index in [-0.39, 0.29) is 0 Å².